The van der Waals surface area contributed by atoms with Crippen molar-refractivity contribution in [3.63, 3.8) is 0 Å². The largest absolute Gasteiger partial charge is 0.329 e. The van der Waals surface area contributed by atoms with Crippen molar-refractivity contribution < 1.29 is 0 Å². The van der Waals surface area contributed by atoms with Crippen molar-refractivity contribution in [3.8, 4) is 0 Å². The fraction of sp³-hybridized carbons (Fsp3) is 0.800. The molecule has 0 aromatic heterocycles. The number of rotatable bonds is 5. The van der Waals surface area contributed by atoms with E-state index < -0.39 is 0 Å². The quantitative estimate of drug-likeness (QED) is 0.633. The molecule has 72 valence electrons. The van der Waals surface area contributed by atoms with Crippen molar-refractivity contribution in [1.82, 2.24) is 4.90 Å². The minimum Gasteiger partial charge on any atom is -0.329 e. The molecule has 0 aliphatic carbocycles. The summed E-state index contributed by atoms with van der Waals surface area (Å²) in [6, 6.07) is 0. The Kier molecular flexibility index (Phi) is 5.18. The number of nitrogens with zero attached hydrogens (tertiary/aromatic N) is 1. The fourth-order valence-corrected chi connectivity index (χ4v) is 1.50. The predicted molar refractivity (Wildman–Crippen MR) is 55.1 cm³/mol. The molecule has 0 atom stereocenters. The van der Waals surface area contributed by atoms with Crippen LogP contribution in [0, 0.1) is 5.41 Å². The monoisotopic (exact) mass is 170 g/mol. The lowest BCUT2D eigenvalue weighted by Gasteiger charge is -2.27. The highest BCUT2D eigenvalue weighted by atomic mass is 15.1. The van der Waals surface area contributed by atoms with Gasteiger partial charge < -0.3 is 10.6 Å². The summed E-state index contributed by atoms with van der Waals surface area (Å²) in [5.74, 6) is 0. The molecule has 2 nitrogen and oxygen atoms in total. The van der Waals surface area contributed by atoms with E-state index in [0.29, 0.717) is 0 Å². The summed E-state index contributed by atoms with van der Waals surface area (Å²) in [6.07, 6.45) is 4.34. The van der Waals surface area contributed by atoms with Gasteiger partial charge in [0.25, 0.3) is 0 Å². The average Bonchev–Trinajstić information content (AvgIpc) is 1.85. The summed E-state index contributed by atoms with van der Waals surface area (Å²) >= 11 is 0. The summed E-state index contributed by atoms with van der Waals surface area (Å²) in [5, 5.41) is 0. The molecular weight excluding hydrogens is 148 g/mol. The smallest absolute Gasteiger partial charge is 0.0102 e. The predicted octanol–water partition coefficient (Wildman–Crippen LogP) is 1.48. The van der Waals surface area contributed by atoms with Gasteiger partial charge in [-0.25, -0.2) is 0 Å². The minimum absolute atomic E-state index is 0.263. The minimum atomic E-state index is 0.263. The number of allylic oxidation sites excluding steroid dienone is 1. The zero-order valence-corrected chi connectivity index (χ0v) is 8.80. The van der Waals surface area contributed by atoms with Gasteiger partial charge in [0, 0.05) is 19.6 Å². The maximum atomic E-state index is 5.46. The highest BCUT2D eigenvalue weighted by Gasteiger charge is 2.15. The number of likely N-dealkylation sites (N-methyl/N-ethyl adjacent to an activating group) is 1. The molecule has 0 saturated carbocycles. The third-order valence-corrected chi connectivity index (χ3v) is 1.81. The first-order valence-corrected chi connectivity index (χ1v) is 4.54. The van der Waals surface area contributed by atoms with Crippen LogP contribution in [0.1, 0.15) is 20.8 Å². The molecule has 0 heterocycles. The first-order chi connectivity index (χ1) is 5.52. The van der Waals surface area contributed by atoms with Crippen LogP contribution in [0.5, 0.6) is 0 Å². The van der Waals surface area contributed by atoms with Crippen molar-refractivity contribution in [3.05, 3.63) is 12.2 Å². The van der Waals surface area contributed by atoms with Gasteiger partial charge in [-0.3, -0.25) is 0 Å². The maximum Gasteiger partial charge on any atom is 0.0102 e. The fourth-order valence-electron chi connectivity index (χ4n) is 1.50. The Bertz CT molecular complexity index is 139. The van der Waals surface area contributed by atoms with Gasteiger partial charge in [-0.15, -0.1) is 0 Å². The molecule has 0 aliphatic rings. The Balaban J connectivity index is 3.87. The summed E-state index contributed by atoms with van der Waals surface area (Å²) < 4.78 is 0. The van der Waals surface area contributed by atoms with Gasteiger partial charge in [0.2, 0.25) is 0 Å². The van der Waals surface area contributed by atoms with E-state index in [1.807, 2.05) is 0 Å². The normalized spacial score (nSPS) is 13.2. The highest BCUT2D eigenvalue weighted by molar-refractivity contribution is 4.94. The SMILES string of the molecule is CC=CC(C)(C)CN(C)CCN. The van der Waals surface area contributed by atoms with Crippen molar-refractivity contribution in [2.45, 2.75) is 20.8 Å². The highest BCUT2D eigenvalue weighted by Crippen LogP contribution is 2.17. The maximum absolute atomic E-state index is 5.46. The van der Waals surface area contributed by atoms with E-state index in [1.54, 1.807) is 0 Å². The molecule has 0 aromatic rings. The molecule has 0 spiro atoms. The zero-order chi connectivity index (χ0) is 9.61. The summed E-state index contributed by atoms with van der Waals surface area (Å²) in [7, 11) is 2.11. The van der Waals surface area contributed by atoms with Gasteiger partial charge in [-0.2, -0.15) is 0 Å². The van der Waals surface area contributed by atoms with Gasteiger partial charge in [0.15, 0.2) is 0 Å². The lowest BCUT2D eigenvalue weighted by molar-refractivity contribution is 0.256. The van der Waals surface area contributed by atoms with Crippen molar-refractivity contribution in [2.24, 2.45) is 11.1 Å². The second-order valence-corrected chi connectivity index (χ2v) is 4.02. The first-order valence-electron chi connectivity index (χ1n) is 4.54. The summed E-state index contributed by atoms with van der Waals surface area (Å²) in [6.45, 7) is 9.31. The molecule has 0 aliphatic heterocycles. The Morgan fingerprint density at radius 2 is 2.00 bits per heavy atom. The second kappa shape index (κ2) is 5.33. The van der Waals surface area contributed by atoms with Crippen LogP contribution in [0.2, 0.25) is 0 Å². The molecule has 2 N–H and O–H groups in total. The van der Waals surface area contributed by atoms with Crippen LogP contribution >= 0.6 is 0 Å². The van der Waals surface area contributed by atoms with E-state index in [4.69, 9.17) is 5.73 Å². The molecule has 0 fully saturated rings. The number of nitrogens with two attached hydrogens (primary N) is 1. The van der Waals surface area contributed by atoms with Crippen LogP contribution in [0.15, 0.2) is 12.2 Å². The van der Waals surface area contributed by atoms with Gasteiger partial charge in [-0.05, 0) is 19.4 Å². The van der Waals surface area contributed by atoms with Crippen molar-refractivity contribution >= 4 is 0 Å². The molecule has 0 saturated heterocycles. The molecule has 0 radical (unpaired) electrons. The Morgan fingerprint density at radius 3 is 2.42 bits per heavy atom. The lowest BCUT2D eigenvalue weighted by Crippen LogP contribution is -2.33. The molecule has 12 heavy (non-hydrogen) atoms. The third kappa shape index (κ3) is 5.33. The molecule has 0 aromatic carbocycles. The Hall–Kier alpha value is -0.340. The molecule has 0 amide bonds. The van der Waals surface area contributed by atoms with Crippen LogP contribution in [0.3, 0.4) is 0 Å². The van der Waals surface area contributed by atoms with Crippen LogP contribution in [0.4, 0.5) is 0 Å². The van der Waals surface area contributed by atoms with Gasteiger partial charge in [0.1, 0.15) is 0 Å². The average molecular weight is 170 g/mol. The van der Waals surface area contributed by atoms with Gasteiger partial charge >= 0.3 is 0 Å². The van der Waals surface area contributed by atoms with E-state index in [1.165, 1.54) is 0 Å². The number of hydrogen-bond acceptors (Lipinski definition) is 2. The number of hydrogen-bond donors (Lipinski definition) is 1. The van der Waals surface area contributed by atoms with Crippen molar-refractivity contribution in [1.29, 1.82) is 0 Å². The summed E-state index contributed by atoms with van der Waals surface area (Å²) in [4.78, 5) is 2.26. The van der Waals surface area contributed by atoms with Gasteiger partial charge in [0.05, 0.1) is 0 Å². The molecule has 0 unspecified atom stereocenters. The zero-order valence-electron chi connectivity index (χ0n) is 8.80. The van der Waals surface area contributed by atoms with E-state index in [-0.39, 0.29) is 5.41 Å². The van der Waals surface area contributed by atoms with E-state index in [9.17, 15) is 0 Å². The van der Waals surface area contributed by atoms with Gasteiger partial charge in [-0.1, -0.05) is 26.0 Å². The molecule has 0 rings (SSSR count). The third-order valence-electron chi connectivity index (χ3n) is 1.81. The molecular formula is C10H22N2. The van der Waals surface area contributed by atoms with Crippen molar-refractivity contribution in [2.75, 3.05) is 26.7 Å². The Labute approximate surface area is 76.4 Å². The standard InChI is InChI=1S/C10H22N2/c1-5-6-10(2,3)9-12(4)8-7-11/h5-6H,7-9,11H2,1-4H3. The van der Waals surface area contributed by atoms with E-state index in [0.717, 1.165) is 19.6 Å². The second-order valence-electron chi connectivity index (χ2n) is 4.02. The van der Waals surface area contributed by atoms with Crippen LogP contribution in [-0.2, 0) is 0 Å². The van der Waals surface area contributed by atoms with Crippen LogP contribution in [0.25, 0.3) is 0 Å². The first kappa shape index (κ1) is 11.7. The van der Waals surface area contributed by atoms with E-state index in [2.05, 4.69) is 44.9 Å². The van der Waals surface area contributed by atoms with Crippen LogP contribution in [-0.4, -0.2) is 31.6 Å². The molecule has 2 heteroatoms. The molecule has 0 bridgehead atoms. The Morgan fingerprint density at radius 1 is 1.42 bits per heavy atom. The summed E-state index contributed by atoms with van der Waals surface area (Å²) in [5.41, 5.74) is 5.73. The van der Waals surface area contributed by atoms with Crippen LogP contribution < -0.4 is 5.73 Å². The van der Waals surface area contributed by atoms with E-state index >= 15 is 0 Å². The lowest BCUT2D eigenvalue weighted by atomic mass is 9.92. The topological polar surface area (TPSA) is 29.3 Å².